The van der Waals surface area contributed by atoms with E-state index in [-0.39, 0.29) is 0 Å². The smallest absolute Gasteiger partial charge is 0.148 e. The van der Waals surface area contributed by atoms with Gasteiger partial charge in [0.15, 0.2) is 0 Å². The van der Waals surface area contributed by atoms with Crippen LogP contribution in [0.15, 0.2) is 12.5 Å². The zero-order valence-electron chi connectivity index (χ0n) is 9.49. The van der Waals surface area contributed by atoms with E-state index in [0.717, 1.165) is 18.9 Å². The molecule has 1 aliphatic rings. The summed E-state index contributed by atoms with van der Waals surface area (Å²) in [5.41, 5.74) is 0. The van der Waals surface area contributed by atoms with Crippen LogP contribution in [0.25, 0.3) is 0 Å². The van der Waals surface area contributed by atoms with Gasteiger partial charge in [-0.15, -0.1) is 0 Å². The van der Waals surface area contributed by atoms with Gasteiger partial charge in [0.25, 0.3) is 0 Å². The van der Waals surface area contributed by atoms with Crippen molar-refractivity contribution in [2.24, 2.45) is 5.92 Å². The predicted octanol–water partition coefficient (Wildman–Crippen LogP) is 1.88. The zero-order chi connectivity index (χ0) is 11.4. The zero-order valence-corrected chi connectivity index (χ0v) is 10.2. The molecule has 1 aromatic rings. The maximum atomic E-state index is 5.97. The molecule has 16 heavy (non-hydrogen) atoms. The first-order valence-corrected chi connectivity index (χ1v) is 6.01. The van der Waals surface area contributed by atoms with E-state index in [1.165, 1.54) is 25.7 Å². The first-order chi connectivity index (χ1) is 7.75. The Morgan fingerprint density at radius 2 is 2.50 bits per heavy atom. The normalized spacial score (nSPS) is 22.0. The molecule has 0 amide bonds. The van der Waals surface area contributed by atoms with Crippen molar-refractivity contribution in [3.05, 3.63) is 17.5 Å². The molecule has 0 spiro atoms. The third kappa shape index (κ3) is 3.06. The number of nitrogens with one attached hydrogen (secondary N) is 1. The van der Waals surface area contributed by atoms with E-state index in [1.54, 1.807) is 6.20 Å². The fourth-order valence-electron chi connectivity index (χ4n) is 2.12. The minimum atomic E-state index is 0.590. The summed E-state index contributed by atoms with van der Waals surface area (Å²) in [6, 6.07) is 0. The van der Waals surface area contributed by atoms with Gasteiger partial charge in [-0.3, -0.25) is 0 Å². The van der Waals surface area contributed by atoms with Crippen LogP contribution in [0.4, 0.5) is 5.82 Å². The molecule has 0 saturated carbocycles. The molecule has 1 aromatic heterocycles. The number of halogens is 1. The Kier molecular flexibility index (Phi) is 3.96. The lowest BCUT2D eigenvalue weighted by Crippen LogP contribution is -2.35. The average Bonchev–Trinajstić information content (AvgIpc) is 2.28. The number of likely N-dealkylation sites (tertiary alicyclic amines) is 1. The van der Waals surface area contributed by atoms with Crippen molar-refractivity contribution in [1.82, 2.24) is 14.9 Å². The molecule has 88 valence electrons. The number of anilines is 1. The van der Waals surface area contributed by atoms with Crippen molar-refractivity contribution in [3.63, 3.8) is 0 Å². The van der Waals surface area contributed by atoms with E-state index in [9.17, 15) is 0 Å². The highest BCUT2D eigenvalue weighted by Gasteiger charge is 2.17. The topological polar surface area (TPSA) is 41.0 Å². The highest BCUT2D eigenvalue weighted by atomic mass is 35.5. The summed E-state index contributed by atoms with van der Waals surface area (Å²) in [5, 5.41) is 3.88. The summed E-state index contributed by atoms with van der Waals surface area (Å²) in [5.74, 6) is 1.43. The van der Waals surface area contributed by atoms with Crippen LogP contribution in [0.5, 0.6) is 0 Å². The van der Waals surface area contributed by atoms with Crippen LogP contribution >= 0.6 is 11.6 Å². The van der Waals surface area contributed by atoms with Crippen LogP contribution in [0.2, 0.25) is 5.02 Å². The maximum Gasteiger partial charge on any atom is 0.148 e. The van der Waals surface area contributed by atoms with Gasteiger partial charge in [0.2, 0.25) is 0 Å². The molecule has 1 atom stereocenters. The molecule has 0 bridgehead atoms. The number of hydrogen-bond donors (Lipinski definition) is 1. The van der Waals surface area contributed by atoms with E-state index in [1.807, 2.05) is 0 Å². The van der Waals surface area contributed by atoms with Crippen molar-refractivity contribution in [1.29, 1.82) is 0 Å². The van der Waals surface area contributed by atoms with Gasteiger partial charge in [0.05, 0.1) is 6.20 Å². The Morgan fingerprint density at radius 1 is 1.62 bits per heavy atom. The van der Waals surface area contributed by atoms with E-state index in [4.69, 9.17) is 11.6 Å². The minimum absolute atomic E-state index is 0.590. The monoisotopic (exact) mass is 240 g/mol. The SMILES string of the molecule is CN1CCCC(CNc2ncncc2Cl)C1. The third-order valence-corrected chi connectivity index (χ3v) is 3.22. The van der Waals surface area contributed by atoms with Crippen molar-refractivity contribution in [3.8, 4) is 0 Å². The van der Waals surface area contributed by atoms with Crippen LogP contribution in [-0.2, 0) is 0 Å². The van der Waals surface area contributed by atoms with Crippen LogP contribution in [0.3, 0.4) is 0 Å². The molecule has 2 heterocycles. The second-order valence-corrected chi connectivity index (χ2v) is 4.78. The van der Waals surface area contributed by atoms with Crippen molar-refractivity contribution in [2.75, 3.05) is 32.0 Å². The quantitative estimate of drug-likeness (QED) is 0.876. The number of nitrogens with zero attached hydrogens (tertiary/aromatic N) is 3. The Morgan fingerprint density at radius 3 is 3.25 bits per heavy atom. The first-order valence-electron chi connectivity index (χ1n) is 5.63. The molecule has 0 aliphatic carbocycles. The second-order valence-electron chi connectivity index (χ2n) is 4.37. The molecule has 1 unspecified atom stereocenters. The summed E-state index contributed by atoms with van der Waals surface area (Å²) in [7, 11) is 2.17. The van der Waals surface area contributed by atoms with Crippen molar-refractivity contribution >= 4 is 17.4 Å². The highest BCUT2D eigenvalue weighted by Crippen LogP contribution is 2.19. The van der Waals surface area contributed by atoms with Crippen LogP contribution in [-0.4, -0.2) is 41.5 Å². The molecule has 0 radical (unpaired) electrons. The standard InChI is InChI=1S/C11H17ClN4/c1-16-4-2-3-9(7-16)5-14-11-10(12)6-13-8-15-11/h6,8-9H,2-5,7H2,1H3,(H,13,14,15). The van der Waals surface area contributed by atoms with Crippen molar-refractivity contribution < 1.29 is 0 Å². The summed E-state index contributed by atoms with van der Waals surface area (Å²) in [6.45, 7) is 3.29. The summed E-state index contributed by atoms with van der Waals surface area (Å²) in [6.07, 6.45) is 5.69. The molecule has 5 heteroatoms. The van der Waals surface area contributed by atoms with Gasteiger partial charge in [-0.1, -0.05) is 11.6 Å². The molecule has 2 rings (SSSR count). The predicted molar refractivity (Wildman–Crippen MR) is 65.8 cm³/mol. The largest absolute Gasteiger partial charge is 0.368 e. The third-order valence-electron chi connectivity index (χ3n) is 2.95. The molecule has 1 saturated heterocycles. The molecule has 0 aromatic carbocycles. The number of aromatic nitrogens is 2. The number of piperidine rings is 1. The molecule has 1 fully saturated rings. The van der Waals surface area contributed by atoms with E-state index < -0.39 is 0 Å². The lowest BCUT2D eigenvalue weighted by molar-refractivity contribution is 0.217. The Hall–Kier alpha value is -0.870. The maximum absolute atomic E-state index is 5.97. The Balaban J connectivity index is 1.85. The van der Waals surface area contributed by atoms with Gasteiger partial charge in [-0.05, 0) is 32.4 Å². The summed E-state index contributed by atoms with van der Waals surface area (Å²) < 4.78 is 0. The molecular formula is C11H17ClN4. The van der Waals surface area contributed by atoms with E-state index in [2.05, 4.69) is 27.2 Å². The fourth-order valence-corrected chi connectivity index (χ4v) is 2.30. The van der Waals surface area contributed by atoms with Gasteiger partial charge < -0.3 is 10.2 Å². The fraction of sp³-hybridized carbons (Fsp3) is 0.636. The van der Waals surface area contributed by atoms with Crippen LogP contribution in [0.1, 0.15) is 12.8 Å². The number of rotatable bonds is 3. The average molecular weight is 241 g/mol. The van der Waals surface area contributed by atoms with Gasteiger partial charge >= 0.3 is 0 Å². The van der Waals surface area contributed by atoms with Crippen LogP contribution in [0, 0.1) is 5.92 Å². The molecular weight excluding hydrogens is 224 g/mol. The lowest BCUT2D eigenvalue weighted by atomic mass is 9.98. The van der Waals surface area contributed by atoms with Crippen LogP contribution < -0.4 is 5.32 Å². The van der Waals surface area contributed by atoms with Gasteiger partial charge in [0.1, 0.15) is 17.2 Å². The Bertz CT molecular complexity index is 345. The number of hydrogen-bond acceptors (Lipinski definition) is 4. The summed E-state index contributed by atoms with van der Waals surface area (Å²) >= 11 is 5.97. The molecule has 4 nitrogen and oxygen atoms in total. The lowest BCUT2D eigenvalue weighted by Gasteiger charge is -2.29. The van der Waals surface area contributed by atoms with E-state index >= 15 is 0 Å². The van der Waals surface area contributed by atoms with E-state index in [0.29, 0.717) is 10.9 Å². The molecule has 1 aliphatic heterocycles. The van der Waals surface area contributed by atoms with Gasteiger partial charge in [-0.25, -0.2) is 9.97 Å². The summed E-state index contributed by atoms with van der Waals surface area (Å²) in [4.78, 5) is 10.3. The second kappa shape index (κ2) is 5.46. The van der Waals surface area contributed by atoms with Crippen molar-refractivity contribution in [2.45, 2.75) is 12.8 Å². The minimum Gasteiger partial charge on any atom is -0.368 e. The highest BCUT2D eigenvalue weighted by molar-refractivity contribution is 6.32. The first kappa shape index (κ1) is 11.6. The van der Waals surface area contributed by atoms with Gasteiger partial charge in [-0.2, -0.15) is 0 Å². The Labute approximate surface area is 101 Å². The van der Waals surface area contributed by atoms with Gasteiger partial charge in [0, 0.05) is 13.1 Å². The molecule has 1 N–H and O–H groups in total.